The molecule has 2 rings (SSSR count). The van der Waals surface area contributed by atoms with Crippen LogP contribution in [0.1, 0.15) is 12.8 Å². The van der Waals surface area contributed by atoms with Crippen LogP contribution in [0.3, 0.4) is 0 Å². The molecule has 1 amide bonds. The maximum absolute atomic E-state index is 11.9. The molecule has 1 unspecified atom stereocenters. The van der Waals surface area contributed by atoms with Gasteiger partial charge in [-0.2, -0.15) is 0 Å². The maximum atomic E-state index is 11.9. The molecule has 1 fully saturated rings. The minimum absolute atomic E-state index is 0.0139. The molecule has 0 bridgehead atoms. The van der Waals surface area contributed by atoms with Crippen LogP contribution >= 0.6 is 0 Å². The Labute approximate surface area is 93.4 Å². The van der Waals surface area contributed by atoms with Gasteiger partial charge in [0.2, 0.25) is 5.91 Å². The van der Waals surface area contributed by atoms with Gasteiger partial charge in [-0.05, 0) is 12.8 Å². The zero-order valence-electron chi connectivity index (χ0n) is 9.04. The van der Waals surface area contributed by atoms with E-state index >= 15 is 0 Å². The molecule has 0 saturated carbocycles. The van der Waals surface area contributed by atoms with Gasteiger partial charge in [-0.3, -0.25) is 4.79 Å². The number of aromatic nitrogens is 3. The second-order valence-electron chi connectivity index (χ2n) is 4.08. The van der Waals surface area contributed by atoms with E-state index in [0.29, 0.717) is 12.4 Å². The van der Waals surface area contributed by atoms with Gasteiger partial charge in [-0.1, -0.05) is 5.21 Å². The van der Waals surface area contributed by atoms with Gasteiger partial charge in [-0.25, -0.2) is 4.68 Å². The average Bonchev–Trinajstić information content (AvgIpc) is 2.64. The van der Waals surface area contributed by atoms with Crippen molar-refractivity contribution in [1.82, 2.24) is 19.9 Å². The number of carbonyl (C=O) groups is 1. The second kappa shape index (κ2) is 4.48. The number of carbonyl (C=O) groups excluding carboxylic acids is 1. The summed E-state index contributed by atoms with van der Waals surface area (Å²) in [5.41, 5.74) is 11.2. The van der Waals surface area contributed by atoms with Crippen molar-refractivity contribution in [3.63, 3.8) is 0 Å². The highest BCUT2D eigenvalue weighted by molar-refractivity contribution is 5.76. The van der Waals surface area contributed by atoms with Crippen molar-refractivity contribution in [3.05, 3.63) is 6.20 Å². The first-order valence-electron chi connectivity index (χ1n) is 5.34. The Bertz CT molecular complexity index is 376. The summed E-state index contributed by atoms with van der Waals surface area (Å²) >= 11 is 0. The lowest BCUT2D eigenvalue weighted by molar-refractivity contribution is -0.133. The highest BCUT2D eigenvalue weighted by atomic mass is 16.2. The van der Waals surface area contributed by atoms with Gasteiger partial charge in [0.05, 0.1) is 6.20 Å². The summed E-state index contributed by atoms with van der Waals surface area (Å²) in [6.07, 6.45) is 3.49. The predicted octanol–water partition coefficient (Wildman–Crippen LogP) is -1.19. The van der Waals surface area contributed by atoms with Gasteiger partial charge in [0.25, 0.3) is 0 Å². The van der Waals surface area contributed by atoms with E-state index in [-0.39, 0.29) is 18.5 Å². The molecule has 1 saturated heterocycles. The molecular weight excluding hydrogens is 208 g/mol. The van der Waals surface area contributed by atoms with E-state index in [2.05, 4.69) is 10.3 Å². The zero-order valence-corrected chi connectivity index (χ0v) is 9.04. The molecule has 88 valence electrons. The number of likely N-dealkylation sites (tertiary alicyclic amines) is 1. The number of hydrogen-bond acceptors (Lipinski definition) is 5. The van der Waals surface area contributed by atoms with Gasteiger partial charge in [0.1, 0.15) is 6.54 Å². The van der Waals surface area contributed by atoms with Gasteiger partial charge in [0, 0.05) is 19.1 Å². The van der Waals surface area contributed by atoms with Crippen molar-refractivity contribution >= 4 is 11.7 Å². The second-order valence-corrected chi connectivity index (χ2v) is 4.08. The highest BCUT2D eigenvalue weighted by Crippen LogP contribution is 2.08. The van der Waals surface area contributed by atoms with Crippen LogP contribution in [0.25, 0.3) is 0 Å². The van der Waals surface area contributed by atoms with Crippen LogP contribution < -0.4 is 11.5 Å². The Morgan fingerprint density at radius 2 is 2.44 bits per heavy atom. The Kier molecular flexibility index (Phi) is 3.04. The number of anilines is 1. The molecule has 1 aromatic rings. The van der Waals surface area contributed by atoms with Crippen molar-refractivity contribution in [2.24, 2.45) is 5.73 Å². The molecule has 0 radical (unpaired) electrons. The third kappa shape index (κ3) is 2.48. The Hall–Kier alpha value is -1.63. The van der Waals surface area contributed by atoms with Crippen molar-refractivity contribution in [2.45, 2.75) is 25.4 Å². The standard InChI is InChI=1S/C9H16N6O/c10-7-2-1-3-14(4-7)9(16)6-15-5-8(11)12-13-15/h5,7H,1-4,6,10-11H2. The fraction of sp³-hybridized carbons (Fsp3) is 0.667. The van der Waals surface area contributed by atoms with Gasteiger partial charge >= 0.3 is 0 Å². The molecule has 0 aliphatic carbocycles. The van der Waals surface area contributed by atoms with Gasteiger partial charge in [-0.15, -0.1) is 5.10 Å². The lowest BCUT2D eigenvalue weighted by Gasteiger charge is -2.30. The minimum Gasteiger partial charge on any atom is -0.381 e. The number of nitrogens with two attached hydrogens (primary N) is 2. The van der Waals surface area contributed by atoms with Crippen LogP contribution in [0.2, 0.25) is 0 Å². The van der Waals surface area contributed by atoms with Crippen LogP contribution in [-0.4, -0.2) is 44.9 Å². The van der Waals surface area contributed by atoms with E-state index in [1.807, 2.05) is 0 Å². The minimum atomic E-state index is 0.0139. The maximum Gasteiger partial charge on any atom is 0.244 e. The Morgan fingerprint density at radius 3 is 3.06 bits per heavy atom. The topological polar surface area (TPSA) is 103 Å². The molecule has 1 atom stereocenters. The summed E-state index contributed by atoms with van der Waals surface area (Å²) in [5.74, 6) is 0.336. The van der Waals surface area contributed by atoms with Crippen LogP contribution in [0.5, 0.6) is 0 Å². The van der Waals surface area contributed by atoms with E-state index in [4.69, 9.17) is 11.5 Å². The summed E-state index contributed by atoms with van der Waals surface area (Å²) in [7, 11) is 0. The van der Waals surface area contributed by atoms with Crippen LogP contribution in [0.15, 0.2) is 6.20 Å². The largest absolute Gasteiger partial charge is 0.381 e. The molecule has 0 aromatic carbocycles. The van der Waals surface area contributed by atoms with Crippen molar-refractivity contribution in [1.29, 1.82) is 0 Å². The van der Waals surface area contributed by atoms with Crippen molar-refractivity contribution in [2.75, 3.05) is 18.8 Å². The van der Waals surface area contributed by atoms with Crippen molar-refractivity contribution < 1.29 is 4.79 Å². The van der Waals surface area contributed by atoms with Crippen LogP contribution in [-0.2, 0) is 11.3 Å². The van der Waals surface area contributed by atoms with Crippen LogP contribution in [0, 0.1) is 0 Å². The number of nitrogen functional groups attached to an aromatic ring is 1. The predicted molar refractivity (Wildman–Crippen MR) is 58.2 cm³/mol. The van der Waals surface area contributed by atoms with Gasteiger partial charge in [0.15, 0.2) is 5.82 Å². The lowest BCUT2D eigenvalue weighted by Crippen LogP contribution is -2.46. The molecule has 1 aliphatic rings. The summed E-state index contributed by atoms with van der Waals surface area (Å²) < 4.78 is 1.44. The summed E-state index contributed by atoms with van der Waals surface area (Å²) in [6.45, 7) is 1.58. The summed E-state index contributed by atoms with van der Waals surface area (Å²) in [5, 5.41) is 7.36. The average molecular weight is 224 g/mol. The first-order chi connectivity index (χ1) is 7.65. The molecule has 4 N–H and O–H groups in total. The smallest absolute Gasteiger partial charge is 0.244 e. The summed E-state index contributed by atoms with van der Waals surface area (Å²) in [6, 6.07) is 0.0958. The monoisotopic (exact) mass is 224 g/mol. The number of hydrogen-bond donors (Lipinski definition) is 2. The molecule has 2 heterocycles. The molecule has 1 aliphatic heterocycles. The van der Waals surface area contributed by atoms with E-state index in [9.17, 15) is 4.79 Å². The first kappa shape index (κ1) is 10.9. The zero-order chi connectivity index (χ0) is 11.5. The summed E-state index contributed by atoms with van der Waals surface area (Å²) in [4.78, 5) is 13.6. The number of piperidine rings is 1. The quantitative estimate of drug-likeness (QED) is 0.657. The fourth-order valence-electron chi connectivity index (χ4n) is 1.87. The van der Waals surface area contributed by atoms with E-state index in [1.54, 1.807) is 11.1 Å². The molecule has 16 heavy (non-hydrogen) atoms. The Morgan fingerprint density at radius 1 is 1.62 bits per heavy atom. The number of amides is 1. The molecule has 7 nitrogen and oxygen atoms in total. The van der Waals surface area contributed by atoms with Crippen LogP contribution in [0.4, 0.5) is 5.82 Å². The lowest BCUT2D eigenvalue weighted by atomic mass is 10.1. The van der Waals surface area contributed by atoms with Gasteiger partial charge < -0.3 is 16.4 Å². The third-order valence-corrected chi connectivity index (χ3v) is 2.66. The van der Waals surface area contributed by atoms with E-state index < -0.39 is 0 Å². The normalized spacial score (nSPS) is 21.1. The fourth-order valence-corrected chi connectivity index (χ4v) is 1.87. The van der Waals surface area contributed by atoms with E-state index in [1.165, 1.54) is 4.68 Å². The Balaban J connectivity index is 1.92. The molecule has 0 spiro atoms. The number of nitrogens with zero attached hydrogens (tertiary/aromatic N) is 4. The molecule has 1 aromatic heterocycles. The third-order valence-electron chi connectivity index (χ3n) is 2.66. The molecular formula is C9H16N6O. The SMILES string of the molecule is Nc1cn(CC(=O)N2CCCC(N)C2)nn1. The molecule has 7 heteroatoms. The highest BCUT2D eigenvalue weighted by Gasteiger charge is 2.21. The van der Waals surface area contributed by atoms with Crippen molar-refractivity contribution in [3.8, 4) is 0 Å². The number of rotatable bonds is 2. The first-order valence-corrected chi connectivity index (χ1v) is 5.34. The van der Waals surface area contributed by atoms with E-state index in [0.717, 1.165) is 19.4 Å².